The van der Waals surface area contributed by atoms with Crippen LogP contribution in [0, 0.1) is 14.5 Å². The van der Waals surface area contributed by atoms with E-state index in [2.05, 4.69) is 492 Å². The van der Waals surface area contributed by atoms with E-state index >= 15 is 0 Å². The van der Waals surface area contributed by atoms with E-state index in [4.69, 9.17) is 9.97 Å². The Morgan fingerprint density at radius 2 is 0.376 bits per heavy atom. The Morgan fingerprint density at radius 3 is 0.525 bits per heavy atom. The minimum Gasteiger partial charge on any atom is -0.555 e. The van der Waals surface area contributed by atoms with E-state index < -0.39 is 46.2 Å². The van der Waals surface area contributed by atoms with Gasteiger partial charge in [0, 0.05) is 52.9 Å². The molecule has 0 aliphatic rings. The first kappa shape index (κ1) is 108. The summed E-state index contributed by atoms with van der Waals surface area (Å²) < 4.78 is 90.3. The summed E-state index contributed by atoms with van der Waals surface area (Å²) in [5, 5.41) is 30.7. The summed E-state index contributed by atoms with van der Waals surface area (Å²) in [5.41, 5.74) is 4.63. The van der Waals surface area contributed by atoms with E-state index in [0.29, 0.717) is 6.61 Å². The molecule has 2 radical (unpaired) electrons. The fourth-order valence-electron chi connectivity index (χ4n) is 15.7. The average molecular weight is 2050 g/mol. The Balaban J connectivity index is 0.000000157. The van der Waals surface area contributed by atoms with E-state index in [1.165, 1.54) is 85.2 Å². The van der Waals surface area contributed by atoms with Gasteiger partial charge in [0.15, 0.2) is 11.6 Å². The van der Waals surface area contributed by atoms with Gasteiger partial charge in [-0.3, -0.25) is 9.13 Å². The molecule has 0 aliphatic heterocycles. The van der Waals surface area contributed by atoms with Crippen molar-refractivity contribution in [2.24, 2.45) is 0 Å². The first-order valence-electron chi connectivity index (χ1n) is 44.7. The second kappa shape index (κ2) is 55.8. The van der Waals surface area contributed by atoms with Crippen LogP contribution in [0.5, 0.6) is 0 Å². The molecular weight excluding hydrogens is 1950 g/mol. The number of halogens is 8. The molecule has 0 amide bonds. The summed E-state index contributed by atoms with van der Waals surface area (Å²) in [7, 11) is -12.4. The Morgan fingerprint density at radius 1 is 0.227 bits per heavy atom. The average Bonchev–Trinajstić information content (AvgIpc) is 1.60. The zero-order valence-corrected chi connectivity index (χ0v) is 82.9. The summed E-state index contributed by atoms with van der Waals surface area (Å²) in [5.74, 6) is 3.39. The van der Waals surface area contributed by atoms with Crippen molar-refractivity contribution < 1.29 is 73.4 Å². The van der Waals surface area contributed by atoms with Gasteiger partial charge in [0.2, 0.25) is 0 Å². The van der Waals surface area contributed by atoms with Crippen molar-refractivity contribution in [2.45, 2.75) is 6.92 Å². The molecule has 22 rings (SSSR count). The zero-order valence-electron chi connectivity index (χ0n) is 77.0. The van der Waals surface area contributed by atoms with Crippen LogP contribution in [-0.4, -0.2) is 59.8 Å². The third kappa shape index (κ3) is 31.3. The van der Waals surface area contributed by atoms with E-state index in [9.17, 15) is 34.5 Å². The number of fused-ring (bicyclic) bond motifs is 6. The largest absolute Gasteiger partial charge is 2.00 e. The van der Waals surface area contributed by atoms with Crippen molar-refractivity contribution in [3.63, 3.8) is 0 Å². The van der Waals surface area contributed by atoms with Gasteiger partial charge in [-0.25, -0.2) is 26.4 Å². The Labute approximate surface area is 844 Å². The molecule has 712 valence electrons. The maximum absolute atomic E-state index is 9.75. The molecule has 0 saturated carbocycles. The van der Waals surface area contributed by atoms with Crippen molar-refractivity contribution in [3.05, 3.63) is 549 Å². The molecule has 6 heterocycles. The van der Waals surface area contributed by atoms with Crippen LogP contribution in [0.1, 0.15) is 6.92 Å². The SMILES string of the molecule is F[B-](F)(F)F.F[B-](F)(F)F.[CH2-]OCC.[CH3-].[Cu+2].[Cu+2].c1cc(-n2cccn2)nc(-n2c3ccccc3c3ccccc32)c1.c1cc(-n2cccn2)nc(-n2c3ccccc3c3ccccc32)c1.c1ccc([PH+](c2ccccc2)c2ccccc2)cc1.c1ccc([PH+](c2ccccc2)c2ccccc2)cc1.c1ccc([PH+](c2ccccc2)c2ccccc2)cc1.c1ccc([PH+](c2ccccc2)c2ccccc2)cc1. The van der Waals surface area contributed by atoms with Gasteiger partial charge in [-0.1, -0.05) is 303 Å². The molecule has 0 atom stereocenters. The van der Waals surface area contributed by atoms with Gasteiger partial charge in [-0.05, 0) is 213 Å². The summed E-state index contributed by atoms with van der Waals surface area (Å²) >= 11 is 0. The Bertz CT molecular complexity index is 6130. The summed E-state index contributed by atoms with van der Waals surface area (Å²) in [6, 6.07) is 180. The van der Waals surface area contributed by atoms with Crippen molar-refractivity contribution in [1.82, 2.24) is 38.7 Å². The van der Waals surface area contributed by atoms with Crippen LogP contribution in [0.25, 0.3) is 66.9 Å². The molecular formula is C116H102B2Cu2F8N8OP4+4. The van der Waals surface area contributed by atoms with Crippen LogP contribution < -0.4 is 63.7 Å². The van der Waals surface area contributed by atoms with Gasteiger partial charge in [-0.2, -0.15) is 10.2 Å². The van der Waals surface area contributed by atoms with E-state index in [-0.39, 0.29) is 41.6 Å². The molecule has 22 aromatic rings. The number of pyridine rings is 2. The summed E-state index contributed by atoms with van der Waals surface area (Å²) in [6.07, 6.45) is 7.32. The van der Waals surface area contributed by atoms with Gasteiger partial charge >= 0.3 is 48.6 Å². The summed E-state index contributed by atoms with van der Waals surface area (Å²) in [6.45, 7) is 2.60. The van der Waals surface area contributed by atoms with Crippen molar-refractivity contribution in [3.8, 4) is 23.3 Å². The third-order valence-electron chi connectivity index (χ3n) is 21.5. The van der Waals surface area contributed by atoms with Gasteiger partial charge in [0.25, 0.3) is 0 Å². The molecule has 0 fully saturated rings. The topological polar surface area (TPSA) is 80.5 Å². The molecule has 0 aliphatic carbocycles. The number of benzene rings is 16. The smallest absolute Gasteiger partial charge is 0.555 e. The first-order chi connectivity index (χ1) is 67.5. The molecule has 0 unspecified atom stereocenters. The number of ether oxygens (including phenoxy) is 1. The van der Waals surface area contributed by atoms with Crippen LogP contribution in [0.2, 0.25) is 0 Å². The quantitative estimate of drug-likeness (QED) is 0.0393. The Kier molecular flexibility index (Phi) is 42.6. The molecule has 25 heteroatoms. The van der Waals surface area contributed by atoms with Gasteiger partial charge in [0.1, 0.15) is 75.3 Å². The van der Waals surface area contributed by atoms with Crippen molar-refractivity contribution in [1.29, 1.82) is 0 Å². The summed E-state index contributed by atoms with van der Waals surface area (Å²) in [4.78, 5) is 9.64. The molecule has 16 aromatic carbocycles. The number of hydrogen-bond acceptors (Lipinski definition) is 5. The Hall–Kier alpha value is -13.9. The minimum absolute atomic E-state index is 0. The number of aromatic nitrogens is 8. The van der Waals surface area contributed by atoms with E-state index in [0.717, 1.165) is 45.3 Å². The molecule has 9 nitrogen and oxygen atoms in total. The second-order valence-corrected chi connectivity index (χ2v) is 40.7. The number of para-hydroxylation sites is 4. The maximum atomic E-state index is 9.75. The van der Waals surface area contributed by atoms with Gasteiger partial charge in [-0.15, -0.1) is 0 Å². The van der Waals surface area contributed by atoms with Gasteiger partial charge in [0.05, 0.1) is 53.8 Å². The molecule has 141 heavy (non-hydrogen) atoms. The molecule has 0 bridgehead atoms. The van der Waals surface area contributed by atoms with E-state index in [1.807, 2.05) is 67.8 Å². The van der Waals surface area contributed by atoms with Crippen LogP contribution in [0.15, 0.2) is 534 Å². The molecule has 0 saturated heterocycles. The number of rotatable bonds is 17. The molecule has 6 aromatic heterocycles. The number of hydrogen-bond donors (Lipinski definition) is 0. The van der Waals surface area contributed by atoms with E-state index in [1.54, 1.807) is 21.8 Å². The molecule has 0 spiro atoms. The first-order valence-corrected chi connectivity index (χ1v) is 50.7. The predicted octanol–water partition coefficient (Wildman–Crippen LogP) is 25.3. The van der Waals surface area contributed by atoms with Crippen LogP contribution in [0.4, 0.5) is 34.5 Å². The predicted molar refractivity (Wildman–Crippen MR) is 581 cm³/mol. The third-order valence-corrected chi connectivity index (χ3v) is 32.4. The van der Waals surface area contributed by atoms with Gasteiger partial charge < -0.3 is 46.7 Å². The van der Waals surface area contributed by atoms with Crippen LogP contribution in [0.3, 0.4) is 0 Å². The van der Waals surface area contributed by atoms with Crippen molar-refractivity contribution in [2.75, 3.05) is 6.61 Å². The number of nitrogens with zero attached hydrogens (tertiary/aromatic N) is 8. The molecule has 0 N–H and O–H groups in total. The second-order valence-electron chi connectivity index (χ2n) is 30.7. The standard InChI is InChI=1S/2C20H14N4.4C18H15P.C3H7O.CH3.2BF4.2Cu/c2*1-3-9-17-15(7-1)16-8-2-4-10-18(16)24(17)20-12-5-11-19(22-20)23-14-6-13-21-23;4*1-4-10-16(11-5-1)19(17-12-6-2-7-13-17)18-14-8-3-9-15-18;1-3-4-2;;2*2-1(3,4)5;;/h2*1-14H;4*1-15H;2-3H2,1H3;1H3;;;;/q;;;;;;4*-1;2*+2/p+4. The van der Waals surface area contributed by atoms with Crippen LogP contribution >= 0.6 is 31.7 Å². The maximum Gasteiger partial charge on any atom is 2.00 e. The fraction of sp³-hybridized carbons (Fsp3) is 0.0172. The fourth-order valence-corrected chi connectivity index (χ4v) is 26.0. The van der Waals surface area contributed by atoms with Crippen LogP contribution in [-0.2, 0) is 38.9 Å². The van der Waals surface area contributed by atoms with Crippen molar-refractivity contribution >= 4 is 153 Å². The minimum atomic E-state index is -6.00. The normalized spacial score (nSPS) is 10.6. The zero-order chi connectivity index (χ0) is 95.9. The monoisotopic (exact) mass is 2050 g/mol.